The van der Waals surface area contributed by atoms with Gasteiger partial charge in [-0.05, 0) is 32.9 Å². The normalized spacial score (nSPS) is 12.2. The molecule has 19 heavy (non-hydrogen) atoms. The number of carbonyl (C=O) groups excluding carboxylic acids is 1. The van der Waals surface area contributed by atoms with E-state index in [9.17, 15) is 4.79 Å². The Morgan fingerprint density at radius 3 is 2.58 bits per heavy atom. The zero-order chi connectivity index (χ0) is 13.8. The van der Waals surface area contributed by atoms with Gasteiger partial charge in [-0.2, -0.15) is 0 Å². The van der Waals surface area contributed by atoms with Crippen molar-refractivity contribution in [2.45, 2.75) is 31.2 Å². The Kier molecular flexibility index (Phi) is 4.21. The number of carbonyl (C=O) groups is 1. The molecule has 2 rings (SSSR count). The zero-order valence-corrected chi connectivity index (χ0v) is 11.9. The molecular formula is C13H16N4OS. The summed E-state index contributed by atoms with van der Waals surface area (Å²) < 4.78 is 0. The van der Waals surface area contributed by atoms with Crippen LogP contribution in [0.25, 0.3) is 0 Å². The molecule has 0 fully saturated rings. The summed E-state index contributed by atoms with van der Waals surface area (Å²) in [4.78, 5) is 16.2. The number of aromatic nitrogens is 3. The molecule has 0 aliphatic carbocycles. The summed E-state index contributed by atoms with van der Waals surface area (Å²) in [5.74, 6) is 0.685. The molecule has 1 atom stereocenters. The molecule has 6 heteroatoms. The third kappa shape index (κ3) is 3.82. The van der Waals surface area contributed by atoms with Crippen molar-refractivity contribution in [3.63, 3.8) is 0 Å². The van der Waals surface area contributed by atoms with Gasteiger partial charge in [0.05, 0.1) is 5.25 Å². The van der Waals surface area contributed by atoms with Crippen molar-refractivity contribution in [1.29, 1.82) is 0 Å². The van der Waals surface area contributed by atoms with Gasteiger partial charge in [0.15, 0.2) is 0 Å². The Hall–Kier alpha value is -1.82. The van der Waals surface area contributed by atoms with E-state index in [0.29, 0.717) is 5.16 Å². The summed E-state index contributed by atoms with van der Waals surface area (Å²) in [7, 11) is 0. The summed E-state index contributed by atoms with van der Waals surface area (Å²) in [6, 6.07) is 7.71. The molecule has 5 nitrogen and oxygen atoms in total. The van der Waals surface area contributed by atoms with Crippen molar-refractivity contribution < 1.29 is 4.79 Å². The molecule has 0 aliphatic rings. The topological polar surface area (TPSA) is 70.7 Å². The monoisotopic (exact) mass is 276 g/mol. The van der Waals surface area contributed by atoms with Crippen LogP contribution in [-0.4, -0.2) is 26.3 Å². The molecule has 1 unspecified atom stereocenters. The number of rotatable bonds is 4. The molecule has 0 aliphatic heterocycles. The maximum atomic E-state index is 12.0. The first kappa shape index (κ1) is 13.6. The Morgan fingerprint density at radius 2 is 2.00 bits per heavy atom. The van der Waals surface area contributed by atoms with E-state index in [-0.39, 0.29) is 11.2 Å². The van der Waals surface area contributed by atoms with Gasteiger partial charge < -0.3 is 5.32 Å². The lowest BCUT2D eigenvalue weighted by molar-refractivity contribution is -0.115. The summed E-state index contributed by atoms with van der Waals surface area (Å²) in [6.07, 6.45) is 0. The molecule has 100 valence electrons. The maximum Gasteiger partial charge on any atom is 0.237 e. The van der Waals surface area contributed by atoms with Crippen LogP contribution in [0.15, 0.2) is 29.4 Å². The van der Waals surface area contributed by atoms with E-state index < -0.39 is 0 Å². The number of benzene rings is 1. The van der Waals surface area contributed by atoms with Crippen molar-refractivity contribution in [3.05, 3.63) is 35.7 Å². The molecule has 0 radical (unpaired) electrons. The van der Waals surface area contributed by atoms with Crippen LogP contribution >= 0.6 is 11.8 Å². The van der Waals surface area contributed by atoms with Crippen LogP contribution in [0.2, 0.25) is 0 Å². The Bertz CT molecular complexity index is 564. The summed E-state index contributed by atoms with van der Waals surface area (Å²) in [5.41, 5.74) is 1.96. The lowest BCUT2D eigenvalue weighted by atomic mass is 10.2. The van der Waals surface area contributed by atoms with Crippen molar-refractivity contribution >= 4 is 23.4 Å². The van der Waals surface area contributed by atoms with Crippen LogP contribution in [0.4, 0.5) is 5.69 Å². The molecule has 1 aromatic heterocycles. The minimum Gasteiger partial charge on any atom is -0.325 e. The first-order chi connectivity index (χ1) is 9.04. The number of hydrogen-bond donors (Lipinski definition) is 2. The third-order valence-corrected chi connectivity index (χ3v) is 3.51. The molecule has 1 heterocycles. The average Bonchev–Trinajstić information content (AvgIpc) is 2.77. The van der Waals surface area contributed by atoms with Gasteiger partial charge >= 0.3 is 0 Å². The molecule has 2 N–H and O–H groups in total. The second-order valence-electron chi connectivity index (χ2n) is 4.32. The molecule has 0 saturated carbocycles. The highest BCUT2D eigenvalue weighted by Crippen LogP contribution is 2.20. The molecule has 0 saturated heterocycles. The van der Waals surface area contributed by atoms with Gasteiger partial charge in [0, 0.05) is 5.69 Å². The van der Waals surface area contributed by atoms with Gasteiger partial charge in [0.2, 0.25) is 11.1 Å². The second-order valence-corrected chi connectivity index (χ2v) is 5.63. The highest BCUT2D eigenvalue weighted by atomic mass is 32.2. The zero-order valence-electron chi connectivity index (χ0n) is 11.1. The van der Waals surface area contributed by atoms with Gasteiger partial charge in [0.1, 0.15) is 5.82 Å². The van der Waals surface area contributed by atoms with E-state index >= 15 is 0 Å². The van der Waals surface area contributed by atoms with E-state index in [1.54, 1.807) is 0 Å². The van der Waals surface area contributed by atoms with Crippen LogP contribution in [0.1, 0.15) is 18.3 Å². The minimum atomic E-state index is -0.253. The molecule has 0 spiro atoms. The van der Waals surface area contributed by atoms with Crippen LogP contribution in [0, 0.1) is 13.8 Å². The Labute approximate surface area is 116 Å². The largest absolute Gasteiger partial charge is 0.325 e. The average molecular weight is 276 g/mol. The Balaban J connectivity index is 1.94. The Morgan fingerprint density at radius 1 is 1.32 bits per heavy atom. The fourth-order valence-electron chi connectivity index (χ4n) is 1.47. The van der Waals surface area contributed by atoms with Gasteiger partial charge in [-0.3, -0.25) is 9.89 Å². The smallest absolute Gasteiger partial charge is 0.237 e. The van der Waals surface area contributed by atoms with Gasteiger partial charge in [0.25, 0.3) is 0 Å². The first-order valence-electron chi connectivity index (χ1n) is 5.98. The van der Waals surface area contributed by atoms with Crippen molar-refractivity contribution in [2.75, 3.05) is 5.32 Å². The van der Waals surface area contributed by atoms with Crippen LogP contribution in [0.5, 0.6) is 0 Å². The number of hydrogen-bond acceptors (Lipinski definition) is 4. The fourth-order valence-corrected chi connectivity index (χ4v) is 2.24. The van der Waals surface area contributed by atoms with Crippen molar-refractivity contribution in [2.24, 2.45) is 0 Å². The number of H-pyrrole nitrogens is 1. The quantitative estimate of drug-likeness (QED) is 0.842. The molecule has 1 amide bonds. The van der Waals surface area contributed by atoms with Crippen LogP contribution < -0.4 is 5.32 Å². The van der Waals surface area contributed by atoms with Crippen LogP contribution in [-0.2, 0) is 4.79 Å². The highest BCUT2D eigenvalue weighted by Gasteiger charge is 2.16. The number of amides is 1. The number of thioether (sulfide) groups is 1. The van der Waals surface area contributed by atoms with Gasteiger partial charge in [-0.25, -0.2) is 4.98 Å². The number of aromatic amines is 1. The lowest BCUT2D eigenvalue weighted by Crippen LogP contribution is -2.22. The van der Waals surface area contributed by atoms with Crippen molar-refractivity contribution in [1.82, 2.24) is 15.2 Å². The van der Waals surface area contributed by atoms with E-state index in [4.69, 9.17) is 0 Å². The summed E-state index contributed by atoms with van der Waals surface area (Å²) >= 11 is 1.33. The molecule has 2 aromatic rings. The van der Waals surface area contributed by atoms with E-state index in [1.807, 2.05) is 45.0 Å². The molecular weight excluding hydrogens is 260 g/mol. The lowest BCUT2D eigenvalue weighted by Gasteiger charge is -2.10. The first-order valence-corrected chi connectivity index (χ1v) is 6.86. The maximum absolute atomic E-state index is 12.0. The van der Waals surface area contributed by atoms with Gasteiger partial charge in [-0.15, -0.1) is 5.10 Å². The number of nitrogens with zero attached hydrogens (tertiary/aromatic N) is 2. The summed E-state index contributed by atoms with van der Waals surface area (Å²) in [6.45, 7) is 5.67. The number of anilines is 1. The number of nitrogens with one attached hydrogen (secondary N) is 2. The predicted molar refractivity (Wildman–Crippen MR) is 76.2 cm³/mol. The van der Waals surface area contributed by atoms with Crippen molar-refractivity contribution in [3.8, 4) is 0 Å². The van der Waals surface area contributed by atoms with Gasteiger partial charge in [-0.1, -0.05) is 29.5 Å². The molecule has 0 bridgehead atoms. The SMILES string of the molecule is Cc1ccc(NC(=O)C(C)Sc2n[nH]c(C)n2)cc1. The summed E-state index contributed by atoms with van der Waals surface area (Å²) in [5, 5.41) is 9.96. The third-order valence-electron chi connectivity index (χ3n) is 2.55. The van der Waals surface area contributed by atoms with E-state index in [0.717, 1.165) is 17.1 Å². The van der Waals surface area contributed by atoms with E-state index in [1.165, 1.54) is 11.8 Å². The van der Waals surface area contributed by atoms with Crippen LogP contribution in [0.3, 0.4) is 0 Å². The predicted octanol–water partition coefficient (Wildman–Crippen LogP) is 2.54. The minimum absolute atomic E-state index is 0.0590. The number of aryl methyl sites for hydroxylation is 2. The molecule has 1 aromatic carbocycles. The second kappa shape index (κ2) is 5.88. The fraction of sp³-hybridized carbons (Fsp3) is 0.308. The standard InChI is InChI=1S/C13H16N4OS/c1-8-4-6-11(7-5-8)15-12(18)9(2)19-13-14-10(3)16-17-13/h4-7,9H,1-3H3,(H,15,18)(H,14,16,17). The highest BCUT2D eigenvalue weighted by molar-refractivity contribution is 8.00. The van der Waals surface area contributed by atoms with E-state index in [2.05, 4.69) is 20.5 Å².